The van der Waals surface area contributed by atoms with Gasteiger partial charge >= 0.3 is 0 Å². The average Bonchev–Trinajstić information content (AvgIpc) is 2.74. The van der Waals surface area contributed by atoms with Crippen LogP contribution in [0.25, 0.3) is 0 Å². The standard InChI is InChI=1S/C21H28N6O/c1-3-20-22-10-16(11-23-20)13-26-9-7-18-17(14-26)12-24-21(25-18)19-6-4-5-8-27(19)15(2)28/h10-12,19H,3-9,13-14H2,1-2H3. The van der Waals surface area contributed by atoms with E-state index in [-0.39, 0.29) is 11.9 Å². The van der Waals surface area contributed by atoms with Crippen LogP contribution in [0, 0.1) is 0 Å². The van der Waals surface area contributed by atoms with Crippen LogP contribution in [0.15, 0.2) is 18.6 Å². The molecule has 2 aromatic heterocycles. The van der Waals surface area contributed by atoms with Crippen molar-refractivity contribution in [2.45, 2.75) is 65.1 Å². The first-order valence-corrected chi connectivity index (χ1v) is 10.3. The lowest BCUT2D eigenvalue weighted by Crippen LogP contribution is -2.38. The zero-order chi connectivity index (χ0) is 19.5. The van der Waals surface area contributed by atoms with E-state index in [0.717, 1.165) is 81.2 Å². The Morgan fingerprint density at radius 2 is 1.96 bits per heavy atom. The summed E-state index contributed by atoms with van der Waals surface area (Å²) >= 11 is 0. The first-order valence-electron chi connectivity index (χ1n) is 10.3. The number of aromatic nitrogens is 4. The van der Waals surface area contributed by atoms with Crippen molar-refractivity contribution in [1.82, 2.24) is 29.7 Å². The summed E-state index contributed by atoms with van der Waals surface area (Å²) in [5.74, 6) is 1.81. The van der Waals surface area contributed by atoms with Crippen molar-refractivity contribution < 1.29 is 4.79 Å². The number of hydrogen-bond donors (Lipinski definition) is 0. The molecule has 0 aliphatic carbocycles. The quantitative estimate of drug-likeness (QED) is 0.811. The van der Waals surface area contributed by atoms with Gasteiger partial charge in [-0.05, 0) is 19.3 Å². The van der Waals surface area contributed by atoms with E-state index in [4.69, 9.17) is 4.98 Å². The van der Waals surface area contributed by atoms with Crippen molar-refractivity contribution in [2.75, 3.05) is 13.1 Å². The first-order chi connectivity index (χ1) is 13.6. The van der Waals surface area contributed by atoms with Gasteiger partial charge in [-0.1, -0.05) is 6.92 Å². The van der Waals surface area contributed by atoms with Gasteiger partial charge in [-0.2, -0.15) is 0 Å². The Balaban J connectivity index is 1.45. The van der Waals surface area contributed by atoms with Crippen molar-refractivity contribution in [2.24, 2.45) is 0 Å². The number of nitrogens with zero attached hydrogens (tertiary/aromatic N) is 6. The molecular formula is C21H28N6O. The molecule has 4 heterocycles. The molecule has 2 aliphatic rings. The summed E-state index contributed by atoms with van der Waals surface area (Å²) in [6, 6.07) is 0.0313. The molecule has 1 atom stereocenters. The second-order valence-electron chi connectivity index (χ2n) is 7.75. The predicted octanol–water partition coefficient (Wildman–Crippen LogP) is 2.46. The van der Waals surface area contributed by atoms with Crippen LogP contribution in [-0.4, -0.2) is 48.7 Å². The van der Waals surface area contributed by atoms with Crippen molar-refractivity contribution in [3.63, 3.8) is 0 Å². The van der Waals surface area contributed by atoms with Crippen LogP contribution in [-0.2, 0) is 30.7 Å². The highest BCUT2D eigenvalue weighted by molar-refractivity contribution is 5.73. The molecule has 7 heteroatoms. The van der Waals surface area contributed by atoms with Crippen LogP contribution in [0.4, 0.5) is 0 Å². The number of amides is 1. The van der Waals surface area contributed by atoms with E-state index in [1.807, 2.05) is 23.5 Å². The largest absolute Gasteiger partial charge is 0.333 e. The lowest BCUT2D eigenvalue weighted by molar-refractivity contribution is -0.132. The Bertz CT molecular complexity index is 837. The molecule has 1 unspecified atom stereocenters. The molecule has 148 valence electrons. The fourth-order valence-electron chi connectivity index (χ4n) is 4.17. The molecule has 1 amide bonds. The Kier molecular flexibility index (Phi) is 5.62. The summed E-state index contributed by atoms with van der Waals surface area (Å²) in [6.45, 7) is 7.16. The fourth-order valence-corrected chi connectivity index (χ4v) is 4.17. The molecule has 1 saturated heterocycles. The van der Waals surface area contributed by atoms with Crippen LogP contribution in [0.1, 0.15) is 67.6 Å². The molecule has 2 aliphatic heterocycles. The fraction of sp³-hybridized carbons (Fsp3) is 0.571. The van der Waals surface area contributed by atoms with Crippen molar-refractivity contribution in [3.05, 3.63) is 47.1 Å². The maximum absolute atomic E-state index is 12.0. The van der Waals surface area contributed by atoms with Gasteiger partial charge in [-0.25, -0.2) is 19.9 Å². The van der Waals surface area contributed by atoms with Crippen molar-refractivity contribution in [1.29, 1.82) is 0 Å². The Morgan fingerprint density at radius 3 is 2.71 bits per heavy atom. The molecule has 0 aromatic carbocycles. The molecule has 0 N–H and O–H groups in total. The minimum atomic E-state index is 0.0313. The second kappa shape index (κ2) is 8.31. The molecule has 28 heavy (non-hydrogen) atoms. The van der Waals surface area contributed by atoms with E-state index < -0.39 is 0 Å². The third kappa shape index (κ3) is 4.04. The Hall–Kier alpha value is -2.41. The number of carbonyl (C=O) groups is 1. The zero-order valence-electron chi connectivity index (χ0n) is 16.8. The van der Waals surface area contributed by atoms with Crippen LogP contribution in [0.2, 0.25) is 0 Å². The lowest BCUT2D eigenvalue weighted by atomic mass is 10.0. The van der Waals surface area contributed by atoms with E-state index in [2.05, 4.69) is 26.8 Å². The van der Waals surface area contributed by atoms with Crippen LogP contribution >= 0.6 is 0 Å². The summed E-state index contributed by atoms with van der Waals surface area (Å²) in [7, 11) is 0. The van der Waals surface area contributed by atoms with Gasteiger partial charge in [0.2, 0.25) is 5.91 Å². The number of rotatable bonds is 4. The van der Waals surface area contributed by atoms with Gasteiger partial charge < -0.3 is 4.90 Å². The summed E-state index contributed by atoms with van der Waals surface area (Å²) in [5, 5.41) is 0. The number of carbonyl (C=O) groups excluding carboxylic acids is 1. The molecule has 0 saturated carbocycles. The van der Waals surface area contributed by atoms with Gasteiger partial charge in [0.15, 0.2) is 5.82 Å². The highest BCUT2D eigenvalue weighted by Gasteiger charge is 2.29. The van der Waals surface area contributed by atoms with Gasteiger partial charge in [0.1, 0.15) is 5.82 Å². The molecule has 0 bridgehead atoms. The SMILES string of the molecule is CCc1ncc(CN2CCc3nc(C4CCCCN4C(C)=O)ncc3C2)cn1. The van der Waals surface area contributed by atoms with E-state index >= 15 is 0 Å². The van der Waals surface area contributed by atoms with E-state index in [9.17, 15) is 4.79 Å². The van der Waals surface area contributed by atoms with Gasteiger partial charge in [-0.3, -0.25) is 9.69 Å². The number of likely N-dealkylation sites (tertiary alicyclic amines) is 1. The van der Waals surface area contributed by atoms with Gasteiger partial charge in [-0.15, -0.1) is 0 Å². The Labute approximate surface area is 166 Å². The maximum Gasteiger partial charge on any atom is 0.220 e. The topological polar surface area (TPSA) is 75.1 Å². The van der Waals surface area contributed by atoms with Gasteiger partial charge in [0, 0.05) is 81.4 Å². The van der Waals surface area contributed by atoms with Crippen molar-refractivity contribution >= 4 is 5.91 Å². The minimum Gasteiger partial charge on any atom is -0.333 e. The molecule has 2 aromatic rings. The molecule has 0 spiro atoms. The highest BCUT2D eigenvalue weighted by atomic mass is 16.2. The van der Waals surface area contributed by atoms with Crippen molar-refractivity contribution in [3.8, 4) is 0 Å². The second-order valence-corrected chi connectivity index (χ2v) is 7.75. The summed E-state index contributed by atoms with van der Waals surface area (Å²) in [4.78, 5) is 34.6. The summed E-state index contributed by atoms with van der Waals surface area (Å²) < 4.78 is 0. The minimum absolute atomic E-state index is 0.0313. The molecule has 0 radical (unpaired) electrons. The van der Waals surface area contributed by atoms with Crippen LogP contribution < -0.4 is 0 Å². The molecular weight excluding hydrogens is 352 g/mol. The molecule has 1 fully saturated rings. The number of piperidine rings is 1. The third-order valence-corrected chi connectivity index (χ3v) is 5.72. The summed E-state index contributed by atoms with van der Waals surface area (Å²) in [6.07, 6.45) is 10.7. The van der Waals surface area contributed by atoms with E-state index in [1.165, 1.54) is 5.56 Å². The van der Waals surface area contributed by atoms with E-state index in [1.54, 1.807) is 6.92 Å². The zero-order valence-corrected chi connectivity index (χ0v) is 16.8. The highest BCUT2D eigenvalue weighted by Crippen LogP contribution is 2.30. The first kappa shape index (κ1) is 18.9. The third-order valence-electron chi connectivity index (χ3n) is 5.72. The number of hydrogen-bond acceptors (Lipinski definition) is 6. The maximum atomic E-state index is 12.0. The predicted molar refractivity (Wildman–Crippen MR) is 105 cm³/mol. The smallest absolute Gasteiger partial charge is 0.220 e. The number of aryl methyl sites for hydroxylation is 1. The van der Waals surface area contributed by atoms with Crippen LogP contribution in [0.5, 0.6) is 0 Å². The van der Waals surface area contributed by atoms with Gasteiger partial charge in [0.25, 0.3) is 0 Å². The van der Waals surface area contributed by atoms with E-state index in [0.29, 0.717) is 0 Å². The van der Waals surface area contributed by atoms with Crippen LogP contribution in [0.3, 0.4) is 0 Å². The molecule has 4 rings (SSSR count). The molecule has 7 nitrogen and oxygen atoms in total. The Morgan fingerprint density at radius 1 is 1.14 bits per heavy atom. The lowest BCUT2D eigenvalue weighted by Gasteiger charge is -2.35. The average molecular weight is 380 g/mol. The number of fused-ring (bicyclic) bond motifs is 1. The normalized spacial score (nSPS) is 20.1. The van der Waals surface area contributed by atoms with Gasteiger partial charge in [0.05, 0.1) is 6.04 Å². The monoisotopic (exact) mass is 380 g/mol. The summed E-state index contributed by atoms with van der Waals surface area (Å²) in [5.41, 5.74) is 3.46.